The molecule has 11 unspecified atom stereocenters. The van der Waals surface area contributed by atoms with Crippen molar-refractivity contribution >= 4 is 10.8 Å². The van der Waals surface area contributed by atoms with Crippen molar-refractivity contribution in [2.75, 3.05) is 0 Å². The van der Waals surface area contributed by atoms with Crippen LogP contribution < -0.4 is 0 Å². The molecule has 5 rings (SSSR count). The van der Waals surface area contributed by atoms with E-state index in [1.54, 1.807) is 24.3 Å². The van der Waals surface area contributed by atoms with Gasteiger partial charge in [0.1, 0.15) is 0 Å². The number of rotatable bonds is 6. The van der Waals surface area contributed by atoms with Gasteiger partial charge in [0, 0.05) is 10.1 Å². The first-order chi connectivity index (χ1) is 17.4. The van der Waals surface area contributed by atoms with Crippen LogP contribution in [0, 0.1) is 40.4 Å². The minimum atomic E-state index is -4.71. The van der Waals surface area contributed by atoms with Crippen molar-refractivity contribution in [2.45, 2.75) is 113 Å². The van der Waals surface area contributed by atoms with Gasteiger partial charge in [-0.05, 0) is 123 Å². The third kappa shape index (κ3) is 5.06. The largest absolute Gasteiger partial charge is 0.414 e. The lowest BCUT2D eigenvalue weighted by Gasteiger charge is -2.61. The topological polar surface area (TPSA) is 57.5 Å². The summed E-state index contributed by atoms with van der Waals surface area (Å²) in [5.74, 6) is 2.67. The fourth-order valence-corrected chi connectivity index (χ4v) is 11.0. The van der Waals surface area contributed by atoms with Gasteiger partial charge in [-0.1, -0.05) is 32.0 Å². The monoisotopic (exact) mass is 540 g/mol. The number of hydrogen-bond donors (Lipinski definition) is 2. The number of aliphatic hydroxyl groups excluding tert-OH is 2. The van der Waals surface area contributed by atoms with E-state index in [2.05, 4.69) is 13.8 Å². The molecule has 0 amide bonds. The summed E-state index contributed by atoms with van der Waals surface area (Å²) in [6.07, 6.45) is 2.19. The summed E-state index contributed by atoms with van der Waals surface area (Å²) in [5, 5.41) is 19.5. The van der Waals surface area contributed by atoms with E-state index in [1.165, 1.54) is 12.8 Å². The van der Waals surface area contributed by atoms with Gasteiger partial charge in [-0.3, -0.25) is 4.21 Å². The molecule has 4 saturated carbocycles. The van der Waals surface area contributed by atoms with Crippen molar-refractivity contribution < 1.29 is 27.6 Å². The summed E-state index contributed by atoms with van der Waals surface area (Å²) >= 11 is 0. The van der Waals surface area contributed by atoms with E-state index < -0.39 is 34.8 Å². The Hall–Kier alpha value is -0.920. The quantitative estimate of drug-likeness (QED) is 0.413. The predicted molar refractivity (Wildman–Crippen MR) is 139 cm³/mol. The molecule has 2 N–H and O–H groups in total. The van der Waals surface area contributed by atoms with Crippen molar-refractivity contribution in [3.8, 4) is 0 Å². The van der Waals surface area contributed by atoms with Crippen LogP contribution in [0.2, 0.25) is 0 Å². The molecule has 4 aliphatic carbocycles. The maximum Gasteiger partial charge on any atom is 0.414 e. The number of hydrogen-bond acceptors (Lipinski definition) is 3. The van der Waals surface area contributed by atoms with E-state index in [0.29, 0.717) is 35.0 Å². The van der Waals surface area contributed by atoms with Crippen molar-refractivity contribution in [3.05, 3.63) is 30.3 Å². The molecule has 0 aromatic heterocycles. The van der Waals surface area contributed by atoms with E-state index in [-0.39, 0.29) is 22.9 Å². The van der Waals surface area contributed by atoms with Crippen LogP contribution in [0.1, 0.15) is 84.5 Å². The van der Waals surface area contributed by atoms with Gasteiger partial charge < -0.3 is 10.2 Å². The van der Waals surface area contributed by atoms with Crippen molar-refractivity contribution in [2.24, 2.45) is 40.4 Å². The standard InChI is InChI=1S/C30H43F3O3S/c1-28-14-12-21(34)16-19(28)8-10-24-25-11-9-20(29(25,2)15-13-26(24)28)17-23(18-27(35)30(31,32)33)37(36)22-6-4-3-5-7-22/h3-7,19-21,23-27,34-35H,8-18H2,1-2H3. The Labute approximate surface area is 222 Å². The Morgan fingerprint density at radius 2 is 1.65 bits per heavy atom. The molecule has 1 aromatic carbocycles. The Balaban J connectivity index is 1.35. The lowest BCUT2D eigenvalue weighted by atomic mass is 9.44. The summed E-state index contributed by atoms with van der Waals surface area (Å²) in [6, 6.07) is 8.77. The second kappa shape index (κ2) is 10.2. The van der Waals surface area contributed by atoms with E-state index in [4.69, 9.17) is 0 Å². The Kier molecular flexibility index (Phi) is 7.65. The van der Waals surface area contributed by atoms with E-state index in [1.807, 2.05) is 6.07 Å². The van der Waals surface area contributed by atoms with Crippen LogP contribution in [0.15, 0.2) is 35.2 Å². The lowest BCUT2D eigenvalue weighted by Crippen LogP contribution is -2.54. The normalized spacial score (nSPS) is 42.2. The highest BCUT2D eigenvalue weighted by Crippen LogP contribution is 2.68. The molecule has 37 heavy (non-hydrogen) atoms. The first-order valence-electron chi connectivity index (χ1n) is 14.3. The Bertz CT molecular complexity index is 971. The Morgan fingerprint density at radius 3 is 2.35 bits per heavy atom. The average Bonchev–Trinajstić information content (AvgIpc) is 3.19. The molecule has 208 valence electrons. The van der Waals surface area contributed by atoms with E-state index in [9.17, 15) is 27.6 Å². The zero-order valence-electron chi connectivity index (χ0n) is 22.1. The zero-order chi connectivity index (χ0) is 26.6. The second-order valence-electron chi connectivity index (χ2n) is 13.2. The highest BCUT2D eigenvalue weighted by Gasteiger charge is 2.60. The van der Waals surface area contributed by atoms with Crippen LogP contribution in [0.5, 0.6) is 0 Å². The fraction of sp³-hybridized carbons (Fsp3) is 0.800. The van der Waals surface area contributed by atoms with E-state index in [0.717, 1.165) is 44.9 Å². The first kappa shape index (κ1) is 27.6. The maximum atomic E-state index is 13.5. The van der Waals surface area contributed by atoms with Gasteiger partial charge in [-0.2, -0.15) is 13.2 Å². The van der Waals surface area contributed by atoms with Gasteiger partial charge in [-0.15, -0.1) is 0 Å². The lowest BCUT2D eigenvalue weighted by molar-refractivity contribution is -0.205. The highest BCUT2D eigenvalue weighted by molar-refractivity contribution is 7.85. The van der Waals surface area contributed by atoms with E-state index >= 15 is 0 Å². The van der Waals surface area contributed by atoms with Gasteiger partial charge in [-0.25, -0.2) is 0 Å². The molecule has 0 spiro atoms. The zero-order valence-corrected chi connectivity index (χ0v) is 22.9. The van der Waals surface area contributed by atoms with Crippen LogP contribution >= 0.6 is 0 Å². The van der Waals surface area contributed by atoms with Crippen molar-refractivity contribution in [1.29, 1.82) is 0 Å². The van der Waals surface area contributed by atoms with Gasteiger partial charge in [0.05, 0.1) is 16.9 Å². The molecule has 7 heteroatoms. The average molecular weight is 541 g/mol. The first-order valence-corrected chi connectivity index (χ1v) is 15.5. The third-order valence-corrected chi connectivity index (χ3v) is 13.3. The number of alkyl halides is 3. The number of fused-ring (bicyclic) bond motifs is 5. The molecular formula is C30H43F3O3S. The SMILES string of the molecule is CC12CCC(O)CC1CCC1C2CCC2(C)C(CC(CC(O)C(F)(F)F)S(=O)c3ccccc3)CCC12. The van der Waals surface area contributed by atoms with Gasteiger partial charge in [0.25, 0.3) is 0 Å². The Morgan fingerprint density at radius 1 is 0.973 bits per heavy atom. The van der Waals surface area contributed by atoms with Gasteiger partial charge in [0.2, 0.25) is 0 Å². The summed E-state index contributed by atoms with van der Waals surface area (Å²) in [6.45, 7) is 4.82. The molecule has 3 nitrogen and oxygen atoms in total. The molecule has 0 radical (unpaired) electrons. The molecule has 1 aromatic rings. The van der Waals surface area contributed by atoms with Gasteiger partial charge >= 0.3 is 6.18 Å². The summed E-state index contributed by atoms with van der Waals surface area (Å²) in [4.78, 5) is 0.538. The minimum absolute atomic E-state index is 0.0425. The van der Waals surface area contributed by atoms with Crippen LogP contribution in [-0.2, 0) is 10.8 Å². The van der Waals surface area contributed by atoms with Crippen molar-refractivity contribution in [3.63, 3.8) is 0 Å². The number of halogens is 3. The molecule has 0 saturated heterocycles. The van der Waals surface area contributed by atoms with Crippen LogP contribution in [0.4, 0.5) is 13.2 Å². The van der Waals surface area contributed by atoms with Crippen LogP contribution in [-0.4, -0.2) is 38.1 Å². The summed E-state index contributed by atoms with van der Waals surface area (Å²) in [7, 11) is -1.61. The minimum Gasteiger partial charge on any atom is -0.393 e. The predicted octanol–water partition coefficient (Wildman–Crippen LogP) is 6.89. The fourth-order valence-electron chi connectivity index (χ4n) is 9.45. The highest BCUT2D eigenvalue weighted by atomic mass is 32.2. The second-order valence-corrected chi connectivity index (χ2v) is 14.9. The molecule has 11 atom stereocenters. The van der Waals surface area contributed by atoms with Gasteiger partial charge in [0.15, 0.2) is 6.10 Å². The smallest absolute Gasteiger partial charge is 0.393 e. The van der Waals surface area contributed by atoms with Crippen LogP contribution in [0.3, 0.4) is 0 Å². The maximum absolute atomic E-state index is 13.5. The number of aliphatic hydroxyl groups is 2. The molecular weight excluding hydrogens is 497 g/mol. The van der Waals surface area contributed by atoms with Crippen LogP contribution in [0.25, 0.3) is 0 Å². The summed E-state index contributed by atoms with van der Waals surface area (Å²) in [5.41, 5.74) is 0.330. The van der Waals surface area contributed by atoms with Crippen molar-refractivity contribution in [1.82, 2.24) is 0 Å². The molecule has 4 aliphatic rings. The number of benzene rings is 1. The molecule has 0 aliphatic heterocycles. The molecule has 0 bridgehead atoms. The third-order valence-electron chi connectivity index (χ3n) is 11.5. The molecule has 4 fully saturated rings. The summed E-state index contributed by atoms with van der Waals surface area (Å²) < 4.78 is 53.6. The molecule has 0 heterocycles.